The lowest BCUT2D eigenvalue weighted by Crippen LogP contribution is -2.54. The summed E-state index contributed by atoms with van der Waals surface area (Å²) in [6.45, 7) is 8.83. The Kier molecular flexibility index (Phi) is 10.7. The van der Waals surface area contributed by atoms with Crippen molar-refractivity contribution in [3.8, 4) is 5.75 Å². The van der Waals surface area contributed by atoms with Crippen molar-refractivity contribution in [2.75, 3.05) is 17.5 Å². The van der Waals surface area contributed by atoms with Crippen LogP contribution in [0.15, 0.2) is 77.7 Å². The van der Waals surface area contributed by atoms with Gasteiger partial charge in [-0.2, -0.15) is 0 Å². The largest absolute Gasteiger partial charge is 0.494 e. The maximum atomic E-state index is 14.0. The Morgan fingerprint density at radius 1 is 0.951 bits per heavy atom. The van der Waals surface area contributed by atoms with Gasteiger partial charge in [0, 0.05) is 12.1 Å². The van der Waals surface area contributed by atoms with Crippen LogP contribution in [0.4, 0.5) is 5.69 Å². The second-order valence-electron chi connectivity index (χ2n) is 10.4. The number of nitrogens with one attached hydrogen (secondary N) is 1. The Morgan fingerprint density at radius 3 is 2.15 bits per heavy atom. The molecule has 0 spiro atoms. The first-order valence-electron chi connectivity index (χ1n) is 13.1. The molecule has 0 saturated heterocycles. The van der Waals surface area contributed by atoms with Crippen molar-refractivity contribution in [3.05, 3.63) is 88.4 Å². The number of nitrogens with zero attached hydrogens (tertiary/aromatic N) is 2. The van der Waals surface area contributed by atoms with Crippen LogP contribution in [-0.2, 0) is 26.2 Å². The topological polar surface area (TPSA) is 96.0 Å². The molecule has 0 aromatic heterocycles. The van der Waals surface area contributed by atoms with E-state index in [1.165, 1.54) is 17.0 Å². The summed E-state index contributed by atoms with van der Waals surface area (Å²) in [5.41, 5.74) is 0.385. The van der Waals surface area contributed by atoms with Crippen molar-refractivity contribution in [2.24, 2.45) is 0 Å². The molecule has 0 aliphatic rings. The second-order valence-corrected chi connectivity index (χ2v) is 13.1. The second kappa shape index (κ2) is 13.6. The Morgan fingerprint density at radius 2 is 1.59 bits per heavy atom. The lowest BCUT2D eigenvalue weighted by Gasteiger charge is -2.33. The van der Waals surface area contributed by atoms with Crippen LogP contribution in [0.3, 0.4) is 0 Å². The Bertz CT molecular complexity index is 1460. The van der Waals surface area contributed by atoms with Gasteiger partial charge in [-0.05, 0) is 88.7 Å². The van der Waals surface area contributed by atoms with Gasteiger partial charge in [0.15, 0.2) is 0 Å². The molecule has 0 fully saturated rings. The van der Waals surface area contributed by atoms with Crippen LogP contribution in [0.5, 0.6) is 5.75 Å². The third-order valence-electron chi connectivity index (χ3n) is 6.05. The van der Waals surface area contributed by atoms with E-state index in [2.05, 4.69) is 5.32 Å². The van der Waals surface area contributed by atoms with Crippen LogP contribution in [0.2, 0.25) is 10.0 Å². The van der Waals surface area contributed by atoms with E-state index in [9.17, 15) is 18.0 Å². The third kappa shape index (κ3) is 8.61. The molecule has 3 rings (SSSR count). The molecule has 0 bridgehead atoms. The molecule has 1 atom stereocenters. The summed E-state index contributed by atoms with van der Waals surface area (Å²) in [5, 5.41) is 3.54. The quantitative estimate of drug-likeness (QED) is 0.287. The Balaban J connectivity index is 2.02. The molecule has 0 aliphatic heterocycles. The molecular weight excluding hydrogens is 585 g/mol. The van der Waals surface area contributed by atoms with Gasteiger partial charge in [0.2, 0.25) is 11.8 Å². The Labute approximate surface area is 252 Å². The summed E-state index contributed by atoms with van der Waals surface area (Å²) in [6, 6.07) is 18.4. The fraction of sp³-hybridized carbons (Fsp3) is 0.333. The molecule has 8 nitrogen and oxygen atoms in total. The number of hydrogen-bond donors (Lipinski definition) is 1. The molecule has 0 radical (unpaired) electrons. The molecule has 0 heterocycles. The zero-order valence-corrected chi connectivity index (χ0v) is 26.1. The number of carbonyl (C=O) groups excluding carboxylic acids is 2. The minimum absolute atomic E-state index is 0.000181. The van der Waals surface area contributed by atoms with E-state index in [0.29, 0.717) is 33.7 Å². The van der Waals surface area contributed by atoms with Gasteiger partial charge >= 0.3 is 0 Å². The first-order valence-corrected chi connectivity index (χ1v) is 15.3. The normalized spacial score (nSPS) is 12.4. The summed E-state index contributed by atoms with van der Waals surface area (Å²) >= 11 is 12.3. The molecule has 220 valence electrons. The van der Waals surface area contributed by atoms with E-state index in [4.69, 9.17) is 27.9 Å². The summed E-state index contributed by atoms with van der Waals surface area (Å²) < 4.78 is 34.3. The van der Waals surface area contributed by atoms with Gasteiger partial charge in [-0.15, -0.1) is 0 Å². The summed E-state index contributed by atoms with van der Waals surface area (Å²) in [7, 11) is -4.18. The number of benzene rings is 3. The number of halogens is 2. The van der Waals surface area contributed by atoms with E-state index in [0.717, 1.165) is 4.31 Å². The molecule has 1 N–H and O–H groups in total. The highest BCUT2D eigenvalue weighted by molar-refractivity contribution is 7.92. The van der Waals surface area contributed by atoms with Gasteiger partial charge in [0.25, 0.3) is 10.0 Å². The number of hydrogen-bond acceptors (Lipinski definition) is 5. The van der Waals surface area contributed by atoms with Gasteiger partial charge in [0.05, 0.1) is 27.2 Å². The van der Waals surface area contributed by atoms with Crippen LogP contribution >= 0.6 is 23.2 Å². The van der Waals surface area contributed by atoms with Crippen molar-refractivity contribution in [1.29, 1.82) is 0 Å². The van der Waals surface area contributed by atoms with E-state index in [1.807, 2.05) is 27.7 Å². The average Bonchev–Trinajstić information content (AvgIpc) is 2.91. The highest BCUT2D eigenvalue weighted by Crippen LogP contribution is 2.27. The van der Waals surface area contributed by atoms with E-state index in [-0.39, 0.29) is 17.3 Å². The third-order valence-corrected chi connectivity index (χ3v) is 8.58. The van der Waals surface area contributed by atoms with Crippen molar-refractivity contribution < 1.29 is 22.7 Å². The van der Waals surface area contributed by atoms with Gasteiger partial charge in [-0.25, -0.2) is 8.42 Å². The molecule has 0 saturated carbocycles. The van der Waals surface area contributed by atoms with Crippen LogP contribution < -0.4 is 14.4 Å². The maximum Gasteiger partial charge on any atom is 0.264 e. The Hall–Kier alpha value is -3.27. The number of para-hydroxylation sites is 1. The van der Waals surface area contributed by atoms with Crippen molar-refractivity contribution >= 4 is 50.7 Å². The minimum Gasteiger partial charge on any atom is -0.494 e. The van der Waals surface area contributed by atoms with Gasteiger partial charge in [-0.3, -0.25) is 13.9 Å². The van der Waals surface area contributed by atoms with Gasteiger partial charge in [0.1, 0.15) is 18.3 Å². The fourth-order valence-corrected chi connectivity index (χ4v) is 5.75. The number of sulfonamides is 1. The van der Waals surface area contributed by atoms with Gasteiger partial charge in [-0.1, -0.05) is 47.5 Å². The molecule has 0 aliphatic carbocycles. The minimum atomic E-state index is -4.18. The summed E-state index contributed by atoms with van der Waals surface area (Å²) in [6.07, 6.45) is 0. The first-order chi connectivity index (χ1) is 19.2. The van der Waals surface area contributed by atoms with Gasteiger partial charge < -0.3 is 15.0 Å². The number of rotatable bonds is 11. The highest BCUT2D eigenvalue weighted by Gasteiger charge is 2.33. The molecule has 3 aromatic carbocycles. The predicted octanol–water partition coefficient (Wildman–Crippen LogP) is 5.92. The SMILES string of the molecule is CCOc1ccc(S(=O)(=O)N(CC(=O)N(Cc2ccc(Cl)c(Cl)c2)C(C)C(=O)NC(C)(C)C)c2ccccc2)cc1. The first kappa shape index (κ1) is 32.2. The highest BCUT2D eigenvalue weighted by atomic mass is 35.5. The number of amides is 2. The zero-order chi connectivity index (χ0) is 30.4. The van der Waals surface area contributed by atoms with Crippen molar-refractivity contribution in [1.82, 2.24) is 10.2 Å². The van der Waals surface area contributed by atoms with Crippen molar-refractivity contribution in [2.45, 2.75) is 57.6 Å². The smallest absolute Gasteiger partial charge is 0.264 e. The fourth-order valence-electron chi connectivity index (χ4n) is 4.02. The molecule has 1 unspecified atom stereocenters. The summed E-state index contributed by atoms with van der Waals surface area (Å²) in [5.74, 6) is -0.433. The van der Waals surface area contributed by atoms with Crippen LogP contribution in [0, 0.1) is 0 Å². The monoisotopic (exact) mass is 619 g/mol. The molecule has 2 amide bonds. The van der Waals surface area contributed by atoms with Crippen LogP contribution in [0.1, 0.15) is 40.2 Å². The lowest BCUT2D eigenvalue weighted by atomic mass is 10.1. The molecular formula is C30H35Cl2N3O5S. The van der Waals surface area contributed by atoms with Crippen LogP contribution in [-0.4, -0.2) is 49.9 Å². The predicted molar refractivity (Wildman–Crippen MR) is 163 cm³/mol. The zero-order valence-electron chi connectivity index (χ0n) is 23.7. The number of anilines is 1. The van der Waals surface area contributed by atoms with E-state index in [1.54, 1.807) is 67.6 Å². The van der Waals surface area contributed by atoms with Crippen molar-refractivity contribution in [3.63, 3.8) is 0 Å². The van der Waals surface area contributed by atoms with E-state index < -0.39 is 34.1 Å². The number of carbonyl (C=O) groups is 2. The molecule has 11 heteroatoms. The lowest BCUT2D eigenvalue weighted by molar-refractivity contribution is -0.140. The van der Waals surface area contributed by atoms with E-state index >= 15 is 0 Å². The molecule has 41 heavy (non-hydrogen) atoms. The van der Waals surface area contributed by atoms with Crippen LogP contribution in [0.25, 0.3) is 0 Å². The maximum absolute atomic E-state index is 14.0. The summed E-state index contributed by atoms with van der Waals surface area (Å²) in [4.78, 5) is 28.5. The standard InChI is InChI=1S/C30H35Cl2N3O5S/c1-6-40-24-13-15-25(16-14-24)41(38,39)35(23-10-8-7-9-11-23)20-28(36)34(21(2)29(37)33-30(3,4)5)19-22-12-17-26(31)27(32)18-22/h7-18,21H,6,19-20H2,1-5H3,(H,33,37). The average molecular weight is 621 g/mol. The molecule has 3 aromatic rings. The number of ether oxygens (including phenoxy) is 1.